The van der Waals surface area contributed by atoms with Crippen molar-refractivity contribution < 1.29 is 9.53 Å². The van der Waals surface area contributed by atoms with Gasteiger partial charge in [-0.1, -0.05) is 31.2 Å². The highest BCUT2D eigenvalue weighted by Gasteiger charge is 2.07. The molecule has 0 saturated heterocycles. The van der Waals surface area contributed by atoms with Gasteiger partial charge < -0.3 is 10.1 Å². The maximum atomic E-state index is 11.4. The Labute approximate surface area is 126 Å². The molecule has 21 heavy (non-hydrogen) atoms. The van der Waals surface area contributed by atoms with Gasteiger partial charge in [-0.05, 0) is 48.7 Å². The summed E-state index contributed by atoms with van der Waals surface area (Å²) in [6, 6.07) is 16.1. The van der Waals surface area contributed by atoms with Crippen LogP contribution in [-0.4, -0.2) is 13.1 Å². The Balaban J connectivity index is 2.04. The number of aryl methyl sites for hydroxylation is 1. The first-order valence-electron chi connectivity index (χ1n) is 7.17. The third-order valence-electron chi connectivity index (χ3n) is 3.58. The lowest BCUT2D eigenvalue weighted by molar-refractivity contribution is 0.0601. The van der Waals surface area contributed by atoms with Crippen LogP contribution in [0.15, 0.2) is 48.5 Å². The molecule has 2 aromatic rings. The van der Waals surface area contributed by atoms with Crippen molar-refractivity contribution >= 4 is 11.7 Å². The highest BCUT2D eigenvalue weighted by Crippen LogP contribution is 2.20. The van der Waals surface area contributed by atoms with Crippen molar-refractivity contribution in [3.05, 3.63) is 65.2 Å². The smallest absolute Gasteiger partial charge is 0.337 e. The molecule has 3 heteroatoms. The van der Waals surface area contributed by atoms with Gasteiger partial charge in [0.1, 0.15) is 0 Å². The molecule has 1 N–H and O–H groups in total. The molecule has 2 rings (SSSR count). The van der Waals surface area contributed by atoms with Gasteiger partial charge in [-0.25, -0.2) is 4.79 Å². The Morgan fingerprint density at radius 3 is 2.24 bits per heavy atom. The number of carbonyl (C=O) groups excluding carboxylic acids is 1. The van der Waals surface area contributed by atoms with E-state index in [4.69, 9.17) is 0 Å². The number of methoxy groups -OCH3 is 1. The first-order valence-corrected chi connectivity index (χ1v) is 7.17. The lowest BCUT2D eigenvalue weighted by Gasteiger charge is -2.16. The molecule has 2 aromatic carbocycles. The Bertz CT molecular complexity index is 588. The van der Waals surface area contributed by atoms with Crippen molar-refractivity contribution in [2.75, 3.05) is 12.4 Å². The number of hydrogen-bond donors (Lipinski definition) is 1. The van der Waals surface area contributed by atoms with Crippen LogP contribution in [-0.2, 0) is 11.2 Å². The third kappa shape index (κ3) is 3.85. The number of carbonyl (C=O) groups is 1. The molecule has 0 aliphatic rings. The minimum atomic E-state index is -0.315. The second-order valence-electron chi connectivity index (χ2n) is 5.03. The first-order chi connectivity index (χ1) is 10.1. The first kappa shape index (κ1) is 15.1. The van der Waals surface area contributed by atoms with Crippen molar-refractivity contribution in [3.63, 3.8) is 0 Å². The zero-order valence-electron chi connectivity index (χ0n) is 12.7. The normalized spacial score (nSPS) is 11.8. The van der Waals surface area contributed by atoms with Crippen LogP contribution in [0.25, 0.3) is 0 Å². The van der Waals surface area contributed by atoms with E-state index >= 15 is 0 Å². The molecule has 0 bridgehead atoms. The molecular formula is C18H21NO2. The summed E-state index contributed by atoms with van der Waals surface area (Å²) < 4.78 is 4.69. The highest BCUT2D eigenvalue weighted by molar-refractivity contribution is 5.89. The fourth-order valence-corrected chi connectivity index (χ4v) is 2.20. The van der Waals surface area contributed by atoms with Crippen molar-refractivity contribution in [3.8, 4) is 0 Å². The van der Waals surface area contributed by atoms with Crippen molar-refractivity contribution in [1.82, 2.24) is 0 Å². The van der Waals surface area contributed by atoms with Gasteiger partial charge in [0.2, 0.25) is 0 Å². The number of nitrogens with one attached hydrogen (secondary N) is 1. The zero-order valence-corrected chi connectivity index (χ0v) is 12.7. The van der Waals surface area contributed by atoms with Gasteiger partial charge in [0.05, 0.1) is 12.7 Å². The lowest BCUT2D eigenvalue weighted by Crippen LogP contribution is -2.07. The minimum absolute atomic E-state index is 0.208. The van der Waals surface area contributed by atoms with Crippen molar-refractivity contribution in [2.45, 2.75) is 26.3 Å². The molecule has 0 aliphatic carbocycles. The number of rotatable bonds is 5. The van der Waals surface area contributed by atoms with Crippen LogP contribution >= 0.6 is 0 Å². The van der Waals surface area contributed by atoms with Gasteiger partial charge in [0.15, 0.2) is 0 Å². The van der Waals surface area contributed by atoms with E-state index in [1.807, 2.05) is 12.1 Å². The Morgan fingerprint density at radius 2 is 1.71 bits per heavy atom. The van der Waals surface area contributed by atoms with Gasteiger partial charge in [-0.15, -0.1) is 0 Å². The largest absolute Gasteiger partial charge is 0.465 e. The molecule has 1 unspecified atom stereocenters. The molecule has 0 aromatic heterocycles. The lowest BCUT2D eigenvalue weighted by atomic mass is 10.0. The van der Waals surface area contributed by atoms with Gasteiger partial charge in [-0.2, -0.15) is 0 Å². The quantitative estimate of drug-likeness (QED) is 0.835. The predicted octanol–water partition coefficient (Wildman–Crippen LogP) is 4.21. The van der Waals surface area contributed by atoms with E-state index in [0.29, 0.717) is 5.56 Å². The van der Waals surface area contributed by atoms with Crippen LogP contribution in [0, 0.1) is 0 Å². The number of benzene rings is 2. The second-order valence-corrected chi connectivity index (χ2v) is 5.03. The van der Waals surface area contributed by atoms with Crippen LogP contribution in [0.4, 0.5) is 5.69 Å². The zero-order chi connectivity index (χ0) is 15.2. The SMILES string of the molecule is CCc1ccc(C(C)Nc2ccc(C(=O)OC)cc2)cc1. The van der Waals surface area contributed by atoms with E-state index in [1.165, 1.54) is 18.2 Å². The van der Waals surface area contributed by atoms with Crippen LogP contribution in [0.3, 0.4) is 0 Å². The standard InChI is InChI=1S/C18H21NO2/c1-4-14-5-7-15(8-6-14)13(2)19-17-11-9-16(10-12-17)18(20)21-3/h5-13,19H,4H2,1-3H3. The van der Waals surface area contributed by atoms with E-state index in [1.54, 1.807) is 12.1 Å². The van der Waals surface area contributed by atoms with Crippen LogP contribution in [0.5, 0.6) is 0 Å². The molecule has 3 nitrogen and oxygen atoms in total. The fraction of sp³-hybridized carbons (Fsp3) is 0.278. The molecule has 0 fully saturated rings. The average Bonchev–Trinajstić information content (AvgIpc) is 2.55. The average molecular weight is 283 g/mol. The molecule has 0 amide bonds. The summed E-state index contributed by atoms with van der Waals surface area (Å²) in [7, 11) is 1.39. The summed E-state index contributed by atoms with van der Waals surface area (Å²) in [5, 5.41) is 3.43. The van der Waals surface area contributed by atoms with E-state index in [-0.39, 0.29) is 12.0 Å². The van der Waals surface area contributed by atoms with E-state index in [0.717, 1.165) is 12.1 Å². The molecule has 1 atom stereocenters. The predicted molar refractivity (Wildman–Crippen MR) is 85.6 cm³/mol. The Kier molecular flexibility index (Phi) is 4.99. The summed E-state index contributed by atoms with van der Waals surface area (Å²) in [4.78, 5) is 11.4. The molecule has 0 spiro atoms. The molecule has 0 heterocycles. The van der Waals surface area contributed by atoms with Crippen LogP contribution in [0.2, 0.25) is 0 Å². The molecule has 0 saturated carbocycles. The van der Waals surface area contributed by atoms with E-state index < -0.39 is 0 Å². The fourth-order valence-electron chi connectivity index (χ4n) is 2.20. The van der Waals surface area contributed by atoms with Crippen molar-refractivity contribution in [2.24, 2.45) is 0 Å². The highest BCUT2D eigenvalue weighted by atomic mass is 16.5. The summed E-state index contributed by atoms with van der Waals surface area (Å²) in [5.74, 6) is -0.315. The number of anilines is 1. The maximum absolute atomic E-state index is 11.4. The summed E-state index contributed by atoms with van der Waals surface area (Å²) in [5.41, 5.74) is 4.12. The van der Waals surface area contributed by atoms with E-state index in [2.05, 4.69) is 48.2 Å². The second kappa shape index (κ2) is 6.93. The Hall–Kier alpha value is -2.29. The van der Waals surface area contributed by atoms with Gasteiger partial charge in [0, 0.05) is 11.7 Å². The molecule has 0 aliphatic heterocycles. The molecule has 0 radical (unpaired) electrons. The maximum Gasteiger partial charge on any atom is 0.337 e. The van der Waals surface area contributed by atoms with Crippen LogP contribution < -0.4 is 5.32 Å². The molecular weight excluding hydrogens is 262 g/mol. The summed E-state index contributed by atoms with van der Waals surface area (Å²) in [6.07, 6.45) is 1.05. The Morgan fingerprint density at radius 1 is 1.10 bits per heavy atom. The number of esters is 1. The number of hydrogen-bond acceptors (Lipinski definition) is 3. The number of ether oxygens (including phenoxy) is 1. The van der Waals surface area contributed by atoms with E-state index in [9.17, 15) is 4.79 Å². The summed E-state index contributed by atoms with van der Waals surface area (Å²) in [6.45, 7) is 4.27. The monoisotopic (exact) mass is 283 g/mol. The van der Waals surface area contributed by atoms with Gasteiger partial charge in [0.25, 0.3) is 0 Å². The van der Waals surface area contributed by atoms with Gasteiger partial charge in [-0.3, -0.25) is 0 Å². The van der Waals surface area contributed by atoms with Gasteiger partial charge >= 0.3 is 5.97 Å². The third-order valence-corrected chi connectivity index (χ3v) is 3.58. The molecule has 110 valence electrons. The van der Waals surface area contributed by atoms with Crippen LogP contribution in [0.1, 0.15) is 41.4 Å². The van der Waals surface area contributed by atoms with Crippen molar-refractivity contribution in [1.29, 1.82) is 0 Å². The topological polar surface area (TPSA) is 38.3 Å². The minimum Gasteiger partial charge on any atom is -0.465 e. The summed E-state index contributed by atoms with van der Waals surface area (Å²) >= 11 is 0.